The fourth-order valence-electron chi connectivity index (χ4n) is 2.22. The van der Waals surface area contributed by atoms with Crippen molar-refractivity contribution in [3.8, 4) is 0 Å². The molecule has 28 heavy (non-hydrogen) atoms. The van der Waals surface area contributed by atoms with Crippen LogP contribution in [-0.2, 0) is 0 Å². The summed E-state index contributed by atoms with van der Waals surface area (Å²) in [4.78, 5) is 16.1. The number of carboxylic acids is 1. The van der Waals surface area contributed by atoms with E-state index in [9.17, 15) is 4.79 Å². The van der Waals surface area contributed by atoms with Gasteiger partial charge in [0.25, 0.3) is 0 Å². The molecule has 8 nitrogen and oxygen atoms in total. The first-order valence-corrected chi connectivity index (χ1v) is 9.63. The molecule has 4 aromatic rings. The van der Waals surface area contributed by atoms with Gasteiger partial charge in [0.2, 0.25) is 5.13 Å². The molecule has 4 rings (SSSR count). The smallest absolute Gasteiger partial charge is 0.335 e. The van der Waals surface area contributed by atoms with Crippen LogP contribution >= 0.6 is 22.7 Å². The number of nitrogens with zero attached hydrogens (tertiary/aromatic N) is 5. The Morgan fingerprint density at radius 3 is 2.18 bits per heavy atom. The largest absolute Gasteiger partial charge is 0.478 e. The second-order valence-electron chi connectivity index (χ2n) is 5.59. The third-order valence-electron chi connectivity index (χ3n) is 3.59. The van der Waals surface area contributed by atoms with Crippen LogP contribution in [0.25, 0.3) is 9.53 Å². The van der Waals surface area contributed by atoms with Crippen LogP contribution in [0, 0.1) is 0 Å². The van der Waals surface area contributed by atoms with E-state index in [0.717, 1.165) is 9.53 Å². The first-order chi connectivity index (χ1) is 13.6. The Kier molecular flexibility index (Phi) is 4.87. The highest BCUT2D eigenvalue weighted by Crippen LogP contribution is 2.39. The minimum Gasteiger partial charge on any atom is -0.478 e. The molecule has 10 heteroatoms. The van der Waals surface area contributed by atoms with E-state index in [4.69, 9.17) is 10.8 Å². The maximum atomic E-state index is 10.9. The Balaban J connectivity index is 1.47. The van der Waals surface area contributed by atoms with E-state index >= 15 is 0 Å². The molecule has 0 bridgehead atoms. The number of azo groups is 2. The minimum atomic E-state index is -0.975. The van der Waals surface area contributed by atoms with Crippen LogP contribution in [0.1, 0.15) is 10.4 Å². The Bertz CT molecular complexity index is 1160. The molecule has 0 unspecified atom stereocenters. The Labute approximate surface area is 166 Å². The third kappa shape index (κ3) is 4.08. The summed E-state index contributed by atoms with van der Waals surface area (Å²) in [5.74, 6) is -0.975. The van der Waals surface area contributed by atoms with Gasteiger partial charge in [0.05, 0.1) is 21.6 Å². The van der Waals surface area contributed by atoms with Crippen molar-refractivity contribution < 1.29 is 9.90 Å². The van der Waals surface area contributed by atoms with Gasteiger partial charge in [0.1, 0.15) is 9.83 Å². The molecule has 2 aromatic carbocycles. The Hall–Kier alpha value is -3.50. The number of thiophene rings is 1. The van der Waals surface area contributed by atoms with E-state index in [2.05, 4.69) is 25.4 Å². The number of anilines is 1. The molecule has 3 N–H and O–H groups in total. The van der Waals surface area contributed by atoms with Crippen molar-refractivity contribution in [2.45, 2.75) is 0 Å². The summed E-state index contributed by atoms with van der Waals surface area (Å²) < 4.78 is 0.950. The van der Waals surface area contributed by atoms with Gasteiger partial charge in [-0.1, -0.05) is 22.7 Å². The van der Waals surface area contributed by atoms with Crippen LogP contribution in [0.3, 0.4) is 0 Å². The maximum Gasteiger partial charge on any atom is 0.335 e. The van der Waals surface area contributed by atoms with Gasteiger partial charge in [-0.25, -0.2) is 9.78 Å². The van der Waals surface area contributed by atoms with E-state index in [1.807, 2.05) is 6.07 Å². The number of fused-ring (bicyclic) bond motifs is 1. The van der Waals surface area contributed by atoms with Gasteiger partial charge in [-0.2, -0.15) is 0 Å². The summed E-state index contributed by atoms with van der Waals surface area (Å²) in [5, 5.41) is 26.8. The van der Waals surface area contributed by atoms with Gasteiger partial charge in [0.15, 0.2) is 0 Å². The van der Waals surface area contributed by atoms with E-state index in [-0.39, 0.29) is 5.56 Å². The number of benzene rings is 2. The van der Waals surface area contributed by atoms with Gasteiger partial charge in [-0.3, -0.25) is 0 Å². The standard InChI is InChI=1S/C18H12N6O2S2/c19-11-3-7-13(8-4-11)22-24-18-20-16-14(27-18)9-15(28-16)23-21-12-5-1-10(2-6-12)17(25)26/h1-9H,19H2,(H,25,26). The minimum absolute atomic E-state index is 0.209. The topological polar surface area (TPSA) is 126 Å². The maximum absolute atomic E-state index is 10.9. The van der Waals surface area contributed by atoms with Crippen LogP contribution in [0.2, 0.25) is 0 Å². The molecule has 0 radical (unpaired) electrons. The molecule has 0 aliphatic heterocycles. The first kappa shape index (κ1) is 17.9. The fourth-order valence-corrected chi connectivity index (χ4v) is 4.07. The number of aromatic carboxylic acids is 1. The van der Waals surface area contributed by atoms with Crippen LogP contribution < -0.4 is 5.73 Å². The summed E-state index contributed by atoms with van der Waals surface area (Å²) >= 11 is 2.81. The summed E-state index contributed by atoms with van der Waals surface area (Å²) in [6.45, 7) is 0. The molecule has 0 aliphatic carbocycles. The van der Waals surface area contributed by atoms with Crippen LogP contribution in [0.5, 0.6) is 0 Å². The molecule has 0 aliphatic rings. The van der Waals surface area contributed by atoms with Gasteiger partial charge >= 0.3 is 5.97 Å². The molecular weight excluding hydrogens is 396 g/mol. The van der Waals surface area contributed by atoms with Crippen molar-refractivity contribution in [3.05, 3.63) is 60.2 Å². The van der Waals surface area contributed by atoms with Gasteiger partial charge < -0.3 is 10.8 Å². The molecule has 138 valence electrons. The van der Waals surface area contributed by atoms with E-state index < -0.39 is 5.97 Å². The Morgan fingerprint density at radius 1 is 0.893 bits per heavy atom. The average molecular weight is 408 g/mol. The lowest BCUT2D eigenvalue weighted by molar-refractivity contribution is 0.0697. The molecule has 0 spiro atoms. The summed E-state index contributed by atoms with van der Waals surface area (Å²) in [6.07, 6.45) is 0. The lowest BCUT2D eigenvalue weighted by Gasteiger charge is -1.94. The molecule has 0 amide bonds. The van der Waals surface area contributed by atoms with Crippen molar-refractivity contribution in [2.75, 3.05) is 5.73 Å². The molecule has 0 atom stereocenters. The highest BCUT2D eigenvalue weighted by atomic mass is 32.1. The predicted molar refractivity (Wildman–Crippen MR) is 110 cm³/mol. The van der Waals surface area contributed by atoms with Crippen molar-refractivity contribution in [3.63, 3.8) is 0 Å². The molecule has 2 aromatic heterocycles. The van der Waals surface area contributed by atoms with Crippen LogP contribution in [0.15, 0.2) is 75.1 Å². The van der Waals surface area contributed by atoms with E-state index in [0.29, 0.717) is 27.2 Å². The van der Waals surface area contributed by atoms with Crippen molar-refractivity contribution in [1.29, 1.82) is 0 Å². The molecule has 0 saturated carbocycles. The summed E-state index contributed by atoms with van der Waals surface area (Å²) in [7, 11) is 0. The average Bonchev–Trinajstić information content (AvgIpc) is 3.24. The number of carboxylic acid groups (broad SMARTS) is 1. The van der Waals surface area contributed by atoms with Gasteiger partial charge in [-0.05, 0) is 54.6 Å². The highest BCUT2D eigenvalue weighted by molar-refractivity contribution is 7.30. The SMILES string of the molecule is Nc1ccc(N=Nc2nc3sc(N=Nc4ccc(C(=O)O)cc4)cc3s2)cc1. The lowest BCUT2D eigenvalue weighted by Crippen LogP contribution is -1.93. The molecule has 0 saturated heterocycles. The number of hydrogen-bond acceptors (Lipinski definition) is 9. The molecule has 2 heterocycles. The highest BCUT2D eigenvalue weighted by Gasteiger charge is 2.08. The van der Waals surface area contributed by atoms with Crippen LogP contribution in [-0.4, -0.2) is 16.1 Å². The number of aromatic nitrogens is 1. The Morgan fingerprint density at radius 2 is 1.54 bits per heavy atom. The number of nitrogen functional groups attached to an aromatic ring is 1. The third-order valence-corrected chi connectivity index (χ3v) is 5.52. The predicted octanol–water partition coefficient (Wildman–Crippen LogP) is 6.47. The van der Waals surface area contributed by atoms with E-state index in [1.165, 1.54) is 34.8 Å². The van der Waals surface area contributed by atoms with Gasteiger partial charge in [-0.15, -0.1) is 20.5 Å². The zero-order valence-corrected chi connectivity index (χ0v) is 15.8. The first-order valence-electron chi connectivity index (χ1n) is 7.99. The second kappa shape index (κ2) is 7.62. The van der Waals surface area contributed by atoms with Crippen molar-refractivity contribution in [1.82, 2.24) is 4.98 Å². The van der Waals surface area contributed by atoms with E-state index in [1.54, 1.807) is 36.4 Å². The van der Waals surface area contributed by atoms with Gasteiger partial charge in [0, 0.05) is 5.69 Å². The quantitative estimate of drug-likeness (QED) is 0.290. The monoisotopic (exact) mass is 408 g/mol. The summed E-state index contributed by atoms with van der Waals surface area (Å²) in [6, 6.07) is 15.2. The van der Waals surface area contributed by atoms with Crippen molar-refractivity contribution in [2.24, 2.45) is 20.5 Å². The molecular formula is C18H12N6O2S2. The zero-order chi connectivity index (χ0) is 19.5. The summed E-state index contributed by atoms with van der Waals surface area (Å²) in [5.41, 5.74) is 7.81. The second-order valence-corrected chi connectivity index (χ2v) is 7.61. The lowest BCUT2D eigenvalue weighted by atomic mass is 10.2. The number of carbonyl (C=O) groups is 1. The fraction of sp³-hybridized carbons (Fsp3) is 0. The molecule has 0 fully saturated rings. The number of nitrogens with two attached hydrogens (primary N) is 1. The zero-order valence-electron chi connectivity index (χ0n) is 14.2. The normalized spacial score (nSPS) is 11.7. The number of rotatable bonds is 5. The van der Waals surface area contributed by atoms with Crippen LogP contribution in [0.4, 0.5) is 27.2 Å². The van der Waals surface area contributed by atoms with Crippen molar-refractivity contribution >= 4 is 65.4 Å². The number of hydrogen-bond donors (Lipinski definition) is 2. The number of thiazole rings is 1.